The lowest BCUT2D eigenvalue weighted by atomic mass is 10.1. The van der Waals surface area contributed by atoms with Crippen LogP contribution in [0.3, 0.4) is 0 Å². The Morgan fingerprint density at radius 3 is 2.86 bits per heavy atom. The predicted octanol–water partition coefficient (Wildman–Crippen LogP) is 3.46. The fourth-order valence-corrected chi connectivity index (χ4v) is 2.47. The van der Waals surface area contributed by atoms with E-state index in [1.165, 1.54) is 30.6 Å². The maximum atomic E-state index is 3.52. The van der Waals surface area contributed by atoms with Gasteiger partial charge in [0.2, 0.25) is 0 Å². The second-order valence-electron chi connectivity index (χ2n) is 3.63. The Kier molecular flexibility index (Phi) is 5.88. The van der Waals surface area contributed by atoms with E-state index in [0.29, 0.717) is 0 Å². The number of rotatable bonds is 7. The van der Waals surface area contributed by atoms with Gasteiger partial charge in [0.15, 0.2) is 0 Å². The molecule has 0 saturated carbocycles. The highest BCUT2D eigenvalue weighted by Gasteiger charge is 2.03. The first-order valence-electron chi connectivity index (χ1n) is 5.62. The summed E-state index contributed by atoms with van der Waals surface area (Å²) in [4.78, 5) is 1.52. The van der Waals surface area contributed by atoms with Gasteiger partial charge in [0.25, 0.3) is 0 Å². The molecule has 0 saturated heterocycles. The van der Waals surface area contributed by atoms with Gasteiger partial charge in [0.1, 0.15) is 0 Å². The van der Waals surface area contributed by atoms with E-state index in [4.69, 9.17) is 0 Å². The zero-order valence-corrected chi connectivity index (χ0v) is 10.1. The van der Waals surface area contributed by atoms with Crippen molar-refractivity contribution in [3.63, 3.8) is 0 Å². The summed E-state index contributed by atoms with van der Waals surface area (Å²) >= 11 is 1.88. The van der Waals surface area contributed by atoms with E-state index in [0.717, 1.165) is 12.6 Å². The third-order valence-electron chi connectivity index (χ3n) is 2.54. The number of hydrogen-bond donors (Lipinski definition) is 1. The lowest BCUT2D eigenvalue weighted by molar-refractivity contribution is 0.468. The van der Waals surface area contributed by atoms with E-state index in [-0.39, 0.29) is 0 Å². The van der Waals surface area contributed by atoms with Gasteiger partial charge in [-0.3, -0.25) is 0 Å². The van der Waals surface area contributed by atoms with Crippen molar-refractivity contribution in [2.75, 3.05) is 6.54 Å². The first-order valence-corrected chi connectivity index (χ1v) is 6.50. The summed E-state index contributed by atoms with van der Waals surface area (Å²) in [5, 5.41) is 5.68. The molecule has 0 spiro atoms. The summed E-state index contributed by atoms with van der Waals surface area (Å²) in [7, 11) is 0. The number of aryl methyl sites for hydroxylation is 1. The van der Waals surface area contributed by atoms with E-state index in [1.54, 1.807) is 0 Å². The van der Waals surface area contributed by atoms with E-state index < -0.39 is 0 Å². The van der Waals surface area contributed by atoms with E-state index in [1.807, 2.05) is 11.3 Å². The highest BCUT2D eigenvalue weighted by molar-refractivity contribution is 7.09. The van der Waals surface area contributed by atoms with Gasteiger partial charge < -0.3 is 5.32 Å². The van der Waals surface area contributed by atoms with Crippen LogP contribution in [0.25, 0.3) is 0 Å². The Labute approximate surface area is 91.5 Å². The second kappa shape index (κ2) is 7.02. The maximum Gasteiger partial charge on any atom is 0.00644 e. The molecule has 80 valence electrons. The smallest absolute Gasteiger partial charge is 0.00644 e. The molecule has 2 heteroatoms. The van der Waals surface area contributed by atoms with Crippen molar-refractivity contribution in [1.82, 2.24) is 5.32 Å². The summed E-state index contributed by atoms with van der Waals surface area (Å²) in [5.41, 5.74) is 0. The van der Waals surface area contributed by atoms with Crippen LogP contribution in [-0.4, -0.2) is 12.6 Å². The van der Waals surface area contributed by atoms with E-state index in [9.17, 15) is 0 Å². The van der Waals surface area contributed by atoms with Crippen molar-refractivity contribution in [3.05, 3.63) is 22.4 Å². The minimum atomic E-state index is 0.722. The molecule has 0 amide bonds. The maximum absolute atomic E-state index is 3.52. The van der Waals surface area contributed by atoms with Gasteiger partial charge in [-0.05, 0) is 43.7 Å². The Morgan fingerprint density at radius 2 is 2.29 bits per heavy atom. The van der Waals surface area contributed by atoms with Crippen molar-refractivity contribution < 1.29 is 0 Å². The minimum absolute atomic E-state index is 0.722. The molecule has 1 N–H and O–H groups in total. The summed E-state index contributed by atoms with van der Waals surface area (Å²) < 4.78 is 0. The van der Waals surface area contributed by atoms with Crippen LogP contribution in [0.4, 0.5) is 0 Å². The Bertz CT molecular complexity index is 218. The zero-order chi connectivity index (χ0) is 10.2. The Hall–Kier alpha value is -0.340. The molecular formula is C12H21NS. The lowest BCUT2D eigenvalue weighted by Gasteiger charge is -2.14. The zero-order valence-electron chi connectivity index (χ0n) is 9.25. The minimum Gasteiger partial charge on any atom is -0.314 e. The fourth-order valence-electron chi connectivity index (χ4n) is 1.72. The average Bonchev–Trinajstić information content (AvgIpc) is 2.69. The summed E-state index contributed by atoms with van der Waals surface area (Å²) in [6, 6.07) is 5.10. The molecule has 1 unspecified atom stereocenters. The van der Waals surface area contributed by atoms with Crippen molar-refractivity contribution in [3.8, 4) is 0 Å². The Balaban J connectivity index is 2.13. The molecule has 0 aromatic carbocycles. The van der Waals surface area contributed by atoms with Crippen LogP contribution in [0.2, 0.25) is 0 Å². The summed E-state index contributed by atoms with van der Waals surface area (Å²) in [6.45, 7) is 5.54. The van der Waals surface area contributed by atoms with Crippen molar-refractivity contribution >= 4 is 11.3 Å². The highest BCUT2D eigenvalue weighted by Crippen LogP contribution is 2.13. The molecule has 1 atom stereocenters. The second-order valence-corrected chi connectivity index (χ2v) is 4.67. The molecule has 0 fully saturated rings. The van der Waals surface area contributed by atoms with Crippen LogP contribution in [0, 0.1) is 0 Å². The van der Waals surface area contributed by atoms with Crippen LogP contribution >= 0.6 is 11.3 Å². The summed E-state index contributed by atoms with van der Waals surface area (Å²) in [6.07, 6.45) is 5.12. The molecule has 0 aliphatic rings. The fraction of sp³-hybridized carbons (Fsp3) is 0.667. The van der Waals surface area contributed by atoms with Crippen molar-refractivity contribution in [2.24, 2.45) is 0 Å². The predicted molar refractivity (Wildman–Crippen MR) is 65.0 cm³/mol. The molecule has 14 heavy (non-hydrogen) atoms. The van der Waals surface area contributed by atoms with Crippen molar-refractivity contribution in [2.45, 2.75) is 45.6 Å². The SMILES string of the molecule is CCNC(CC)CCCc1cccs1. The topological polar surface area (TPSA) is 12.0 Å². The van der Waals surface area contributed by atoms with Gasteiger partial charge in [-0.2, -0.15) is 0 Å². The van der Waals surface area contributed by atoms with Gasteiger partial charge >= 0.3 is 0 Å². The molecule has 0 bridgehead atoms. The van der Waals surface area contributed by atoms with E-state index >= 15 is 0 Å². The monoisotopic (exact) mass is 211 g/mol. The molecule has 0 radical (unpaired) electrons. The molecule has 0 aliphatic carbocycles. The van der Waals surface area contributed by atoms with Crippen molar-refractivity contribution in [1.29, 1.82) is 0 Å². The van der Waals surface area contributed by atoms with Gasteiger partial charge in [0, 0.05) is 10.9 Å². The molecule has 1 heterocycles. The number of thiophene rings is 1. The van der Waals surface area contributed by atoms with Gasteiger partial charge in [-0.1, -0.05) is 19.9 Å². The van der Waals surface area contributed by atoms with Gasteiger partial charge in [-0.15, -0.1) is 11.3 Å². The van der Waals surface area contributed by atoms with Crippen LogP contribution in [0.5, 0.6) is 0 Å². The first-order chi connectivity index (χ1) is 6.86. The molecule has 0 aliphatic heterocycles. The molecule has 1 aromatic rings. The van der Waals surface area contributed by atoms with Crippen LogP contribution < -0.4 is 5.32 Å². The highest BCUT2D eigenvalue weighted by atomic mass is 32.1. The van der Waals surface area contributed by atoms with Gasteiger partial charge in [-0.25, -0.2) is 0 Å². The van der Waals surface area contributed by atoms with Crippen LogP contribution in [0.1, 0.15) is 38.0 Å². The summed E-state index contributed by atoms with van der Waals surface area (Å²) in [5.74, 6) is 0. The third-order valence-corrected chi connectivity index (χ3v) is 3.48. The normalized spacial score (nSPS) is 13.0. The van der Waals surface area contributed by atoms with Crippen LogP contribution in [-0.2, 0) is 6.42 Å². The number of hydrogen-bond acceptors (Lipinski definition) is 2. The lowest BCUT2D eigenvalue weighted by Crippen LogP contribution is -2.27. The molecular weight excluding hydrogens is 190 g/mol. The van der Waals surface area contributed by atoms with E-state index in [2.05, 4.69) is 36.7 Å². The first kappa shape index (κ1) is 11.7. The largest absolute Gasteiger partial charge is 0.314 e. The molecule has 1 rings (SSSR count). The van der Waals surface area contributed by atoms with Crippen LogP contribution in [0.15, 0.2) is 17.5 Å². The average molecular weight is 211 g/mol. The molecule has 1 aromatic heterocycles. The third kappa shape index (κ3) is 4.25. The number of nitrogens with one attached hydrogen (secondary N) is 1. The Morgan fingerprint density at radius 1 is 1.43 bits per heavy atom. The quantitative estimate of drug-likeness (QED) is 0.728. The standard InChI is InChI=1S/C12H21NS/c1-3-11(13-4-2)7-5-8-12-9-6-10-14-12/h6,9-11,13H,3-5,7-8H2,1-2H3. The van der Waals surface area contributed by atoms with Gasteiger partial charge in [0.05, 0.1) is 0 Å². The molecule has 1 nitrogen and oxygen atoms in total.